The SMILES string of the molecule is COC(=O)C1=C(C)N(CCc2ccccc2)C(=O)/C1=C\c1cc(C)n(-c2ccc(OC)cc2)c1C. The Morgan fingerprint density at radius 2 is 1.66 bits per heavy atom. The molecule has 35 heavy (non-hydrogen) atoms. The first kappa shape index (κ1) is 24.1. The minimum absolute atomic E-state index is 0.187. The fourth-order valence-corrected chi connectivity index (χ4v) is 4.60. The number of hydrogen-bond acceptors (Lipinski definition) is 4. The average Bonchev–Trinajstić information content (AvgIpc) is 3.28. The molecule has 2 heterocycles. The molecule has 0 radical (unpaired) electrons. The number of carbonyl (C=O) groups is 2. The van der Waals surface area contributed by atoms with Gasteiger partial charge in [-0.2, -0.15) is 0 Å². The zero-order valence-corrected chi connectivity index (χ0v) is 20.8. The van der Waals surface area contributed by atoms with Crippen LogP contribution in [-0.2, 0) is 20.7 Å². The summed E-state index contributed by atoms with van der Waals surface area (Å²) >= 11 is 0. The number of ether oxygens (including phenoxy) is 2. The fourth-order valence-electron chi connectivity index (χ4n) is 4.60. The lowest BCUT2D eigenvalue weighted by molar-refractivity contribution is -0.136. The fraction of sp³-hybridized carbons (Fsp3) is 0.241. The summed E-state index contributed by atoms with van der Waals surface area (Å²) in [5.41, 5.74) is 6.29. The summed E-state index contributed by atoms with van der Waals surface area (Å²) in [6, 6.07) is 19.8. The maximum absolute atomic E-state index is 13.5. The summed E-state index contributed by atoms with van der Waals surface area (Å²) in [5.74, 6) is 0.0930. The van der Waals surface area contributed by atoms with Gasteiger partial charge < -0.3 is 18.9 Å². The second-order valence-electron chi connectivity index (χ2n) is 8.56. The Bertz CT molecular complexity index is 1310. The van der Waals surface area contributed by atoms with Crippen molar-refractivity contribution in [3.8, 4) is 11.4 Å². The van der Waals surface area contributed by atoms with Gasteiger partial charge in [-0.1, -0.05) is 30.3 Å². The van der Waals surface area contributed by atoms with Gasteiger partial charge in [-0.15, -0.1) is 0 Å². The number of hydrogen-bond donors (Lipinski definition) is 0. The highest BCUT2D eigenvalue weighted by atomic mass is 16.5. The van der Waals surface area contributed by atoms with Crippen molar-refractivity contribution in [1.82, 2.24) is 9.47 Å². The number of aromatic nitrogens is 1. The van der Waals surface area contributed by atoms with Gasteiger partial charge in [0.15, 0.2) is 0 Å². The van der Waals surface area contributed by atoms with Crippen molar-refractivity contribution < 1.29 is 19.1 Å². The summed E-state index contributed by atoms with van der Waals surface area (Å²) in [6.45, 7) is 6.31. The van der Waals surface area contributed by atoms with Gasteiger partial charge in [-0.3, -0.25) is 4.79 Å². The highest BCUT2D eigenvalue weighted by molar-refractivity contribution is 6.16. The minimum Gasteiger partial charge on any atom is -0.497 e. The first-order valence-corrected chi connectivity index (χ1v) is 11.6. The monoisotopic (exact) mass is 470 g/mol. The molecule has 1 aromatic heterocycles. The van der Waals surface area contributed by atoms with Gasteiger partial charge in [0.25, 0.3) is 5.91 Å². The van der Waals surface area contributed by atoms with Crippen molar-refractivity contribution in [3.05, 3.63) is 100 Å². The second kappa shape index (κ2) is 10.1. The maximum atomic E-state index is 13.5. The number of allylic oxidation sites excluding steroid dienone is 1. The summed E-state index contributed by atoms with van der Waals surface area (Å²) in [5, 5.41) is 0. The van der Waals surface area contributed by atoms with E-state index in [9.17, 15) is 9.59 Å². The van der Waals surface area contributed by atoms with Crippen LogP contribution in [0.3, 0.4) is 0 Å². The zero-order valence-electron chi connectivity index (χ0n) is 20.8. The topological polar surface area (TPSA) is 60.8 Å². The summed E-state index contributed by atoms with van der Waals surface area (Å²) in [6.07, 6.45) is 2.50. The molecule has 0 atom stereocenters. The lowest BCUT2D eigenvalue weighted by Gasteiger charge is -2.17. The van der Waals surface area contributed by atoms with E-state index in [1.54, 1.807) is 18.9 Å². The van der Waals surface area contributed by atoms with Gasteiger partial charge in [0.1, 0.15) is 5.75 Å². The molecule has 0 N–H and O–H groups in total. The number of rotatable bonds is 7. The van der Waals surface area contributed by atoms with Gasteiger partial charge in [-0.25, -0.2) is 4.79 Å². The molecule has 3 aromatic rings. The molecule has 180 valence electrons. The highest BCUT2D eigenvalue weighted by Crippen LogP contribution is 2.33. The summed E-state index contributed by atoms with van der Waals surface area (Å²) in [4.78, 5) is 27.9. The van der Waals surface area contributed by atoms with Crippen LogP contribution in [0.15, 0.2) is 77.5 Å². The van der Waals surface area contributed by atoms with Gasteiger partial charge in [-0.05, 0) is 74.7 Å². The van der Waals surface area contributed by atoms with Crippen LogP contribution in [0.5, 0.6) is 5.75 Å². The lowest BCUT2D eigenvalue weighted by Crippen LogP contribution is -2.27. The van der Waals surface area contributed by atoms with E-state index in [4.69, 9.17) is 9.47 Å². The Balaban J connectivity index is 1.70. The standard InChI is InChI=1S/C29H30N2O4/c1-19-17-23(20(2)31(19)24-11-13-25(34-4)14-12-24)18-26-27(29(33)35-5)21(3)30(28(26)32)16-15-22-9-7-6-8-10-22/h6-14,17-18H,15-16H2,1-5H3/b26-18-. The van der Waals surface area contributed by atoms with E-state index in [1.807, 2.05) is 80.6 Å². The van der Waals surface area contributed by atoms with E-state index in [1.165, 1.54) is 7.11 Å². The number of esters is 1. The molecular weight excluding hydrogens is 440 g/mol. The van der Waals surface area contributed by atoms with E-state index in [0.29, 0.717) is 29.8 Å². The van der Waals surface area contributed by atoms with Crippen LogP contribution < -0.4 is 4.74 Å². The third-order valence-electron chi connectivity index (χ3n) is 6.47. The predicted octanol–water partition coefficient (Wildman–Crippen LogP) is 5.02. The molecular formula is C29H30N2O4. The quantitative estimate of drug-likeness (QED) is 0.359. The molecule has 1 aliphatic heterocycles. The van der Waals surface area contributed by atoms with E-state index in [2.05, 4.69) is 4.57 Å². The lowest BCUT2D eigenvalue weighted by atomic mass is 10.0. The number of amides is 1. The Hall–Kier alpha value is -4.06. The van der Waals surface area contributed by atoms with Gasteiger partial charge in [0, 0.05) is 29.3 Å². The zero-order chi connectivity index (χ0) is 25.1. The van der Waals surface area contributed by atoms with Crippen LogP contribution in [0.4, 0.5) is 0 Å². The Kier molecular flexibility index (Phi) is 6.92. The van der Waals surface area contributed by atoms with Crippen molar-refractivity contribution in [2.24, 2.45) is 0 Å². The number of aryl methyl sites for hydroxylation is 1. The van der Waals surface area contributed by atoms with Crippen LogP contribution in [0.25, 0.3) is 11.8 Å². The molecule has 6 heteroatoms. The van der Waals surface area contributed by atoms with Crippen LogP contribution >= 0.6 is 0 Å². The highest BCUT2D eigenvalue weighted by Gasteiger charge is 2.37. The summed E-state index contributed by atoms with van der Waals surface area (Å²) < 4.78 is 12.4. The van der Waals surface area contributed by atoms with Gasteiger partial charge >= 0.3 is 5.97 Å². The van der Waals surface area contributed by atoms with Crippen molar-refractivity contribution >= 4 is 18.0 Å². The smallest absolute Gasteiger partial charge is 0.340 e. The molecule has 1 amide bonds. The van der Waals surface area contributed by atoms with Crippen molar-refractivity contribution in [1.29, 1.82) is 0 Å². The number of carbonyl (C=O) groups excluding carboxylic acids is 2. The van der Waals surface area contributed by atoms with E-state index >= 15 is 0 Å². The van der Waals surface area contributed by atoms with Gasteiger partial charge in [0.05, 0.1) is 25.4 Å². The number of benzene rings is 2. The average molecular weight is 471 g/mol. The number of nitrogens with zero attached hydrogens (tertiary/aromatic N) is 2. The second-order valence-corrected chi connectivity index (χ2v) is 8.56. The first-order chi connectivity index (χ1) is 16.8. The van der Waals surface area contributed by atoms with Crippen LogP contribution in [0, 0.1) is 13.8 Å². The Morgan fingerprint density at radius 3 is 2.29 bits per heavy atom. The molecule has 6 nitrogen and oxygen atoms in total. The number of methoxy groups -OCH3 is 2. The molecule has 2 aromatic carbocycles. The largest absolute Gasteiger partial charge is 0.497 e. The molecule has 1 aliphatic rings. The Labute approximate surface area is 206 Å². The van der Waals surface area contributed by atoms with Crippen molar-refractivity contribution in [2.45, 2.75) is 27.2 Å². The van der Waals surface area contributed by atoms with E-state index in [-0.39, 0.29) is 5.91 Å². The molecule has 0 bridgehead atoms. The third kappa shape index (κ3) is 4.64. The Morgan fingerprint density at radius 1 is 0.971 bits per heavy atom. The molecule has 0 spiro atoms. The molecule has 0 saturated carbocycles. The molecule has 0 saturated heterocycles. The first-order valence-electron chi connectivity index (χ1n) is 11.6. The molecule has 0 fully saturated rings. The van der Waals surface area contributed by atoms with Crippen molar-refractivity contribution in [3.63, 3.8) is 0 Å². The molecule has 0 unspecified atom stereocenters. The van der Waals surface area contributed by atoms with E-state index in [0.717, 1.165) is 34.0 Å². The molecule has 0 aliphatic carbocycles. The third-order valence-corrected chi connectivity index (χ3v) is 6.47. The normalized spacial score (nSPS) is 14.7. The maximum Gasteiger partial charge on any atom is 0.340 e. The van der Waals surface area contributed by atoms with Crippen LogP contribution in [0.2, 0.25) is 0 Å². The molecule has 4 rings (SSSR count). The van der Waals surface area contributed by atoms with Crippen LogP contribution in [-0.4, -0.2) is 42.1 Å². The van der Waals surface area contributed by atoms with Crippen LogP contribution in [0.1, 0.15) is 29.4 Å². The summed E-state index contributed by atoms with van der Waals surface area (Å²) in [7, 11) is 2.98. The minimum atomic E-state index is -0.506. The van der Waals surface area contributed by atoms with E-state index < -0.39 is 5.97 Å². The van der Waals surface area contributed by atoms with Crippen molar-refractivity contribution in [2.75, 3.05) is 20.8 Å². The predicted molar refractivity (Wildman–Crippen MR) is 136 cm³/mol. The van der Waals surface area contributed by atoms with Gasteiger partial charge in [0.2, 0.25) is 0 Å².